The van der Waals surface area contributed by atoms with Crippen LogP contribution in [0.15, 0.2) is 0 Å². The Labute approximate surface area is 81.7 Å². The van der Waals surface area contributed by atoms with Crippen LogP contribution in [0.1, 0.15) is 12.8 Å². The van der Waals surface area contributed by atoms with Gasteiger partial charge in [0.25, 0.3) is 0 Å². The van der Waals surface area contributed by atoms with Gasteiger partial charge in [0.15, 0.2) is 9.84 Å². The van der Waals surface area contributed by atoms with E-state index >= 15 is 0 Å². The molecule has 0 aromatic heterocycles. The molecule has 5 nitrogen and oxygen atoms in total. The molecule has 0 aromatic carbocycles. The molecule has 1 saturated carbocycles. The maximum atomic E-state index is 11.2. The quantitative estimate of drug-likeness (QED) is 0.639. The molecule has 2 unspecified atom stereocenters. The lowest BCUT2D eigenvalue weighted by Gasteiger charge is -2.13. The Bertz CT molecular complexity index is 387. The zero-order valence-corrected chi connectivity index (χ0v) is 8.38. The highest BCUT2D eigenvalue weighted by molar-refractivity contribution is 7.91. The highest BCUT2D eigenvalue weighted by Crippen LogP contribution is 2.68. The number of carboxylic acid groups (broad SMARTS) is 1. The van der Waals surface area contributed by atoms with E-state index in [-0.39, 0.29) is 11.5 Å². The molecule has 6 heteroatoms. The van der Waals surface area contributed by atoms with Gasteiger partial charge in [-0.1, -0.05) is 0 Å². The number of carboxylic acids is 1. The number of rotatable bonds is 2. The molecule has 1 saturated heterocycles. The molecule has 1 aliphatic heterocycles. The summed E-state index contributed by atoms with van der Waals surface area (Å²) in [7, 11) is -3.08. The van der Waals surface area contributed by atoms with Crippen LogP contribution in [-0.2, 0) is 14.6 Å². The second kappa shape index (κ2) is 2.49. The van der Waals surface area contributed by atoms with Crippen LogP contribution in [0.3, 0.4) is 0 Å². The summed E-state index contributed by atoms with van der Waals surface area (Å²) in [6.07, 6.45) is 0.674. The molecule has 0 bridgehead atoms. The SMILES string of the molecule is O=C(O)C1(CO)CC12CCS(=O)(=O)C2. The third-order valence-electron chi connectivity index (χ3n) is 3.60. The number of sulfone groups is 1. The van der Waals surface area contributed by atoms with Crippen LogP contribution in [0.5, 0.6) is 0 Å². The van der Waals surface area contributed by atoms with Crippen LogP contribution in [-0.4, -0.2) is 42.7 Å². The van der Waals surface area contributed by atoms with Crippen LogP contribution in [0, 0.1) is 10.8 Å². The van der Waals surface area contributed by atoms with E-state index in [1.54, 1.807) is 0 Å². The molecule has 2 N–H and O–H groups in total. The lowest BCUT2D eigenvalue weighted by molar-refractivity contribution is -0.146. The minimum Gasteiger partial charge on any atom is -0.481 e. The molecule has 1 spiro atoms. The minimum absolute atomic E-state index is 0.0576. The smallest absolute Gasteiger partial charge is 0.312 e. The van der Waals surface area contributed by atoms with E-state index in [1.165, 1.54) is 0 Å². The van der Waals surface area contributed by atoms with Crippen molar-refractivity contribution in [3.8, 4) is 0 Å². The summed E-state index contributed by atoms with van der Waals surface area (Å²) in [6.45, 7) is -0.460. The molecule has 1 aliphatic carbocycles. The Morgan fingerprint density at radius 3 is 2.36 bits per heavy atom. The van der Waals surface area contributed by atoms with Crippen LogP contribution >= 0.6 is 0 Å². The third-order valence-corrected chi connectivity index (χ3v) is 5.42. The van der Waals surface area contributed by atoms with Gasteiger partial charge >= 0.3 is 5.97 Å². The van der Waals surface area contributed by atoms with Gasteiger partial charge in [-0.2, -0.15) is 0 Å². The Kier molecular flexibility index (Phi) is 1.76. The van der Waals surface area contributed by atoms with Crippen molar-refractivity contribution in [3.63, 3.8) is 0 Å². The summed E-state index contributed by atoms with van der Waals surface area (Å²) >= 11 is 0. The Hall–Kier alpha value is -0.620. The lowest BCUT2D eigenvalue weighted by Crippen LogP contribution is -2.28. The monoisotopic (exact) mass is 220 g/mol. The normalized spacial score (nSPS) is 44.1. The summed E-state index contributed by atoms with van der Waals surface area (Å²) in [5.41, 5.74) is -1.86. The summed E-state index contributed by atoms with van der Waals surface area (Å²) in [4.78, 5) is 10.9. The van der Waals surface area contributed by atoms with Gasteiger partial charge in [-0.3, -0.25) is 4.79 Å². The first kappa shape index (κ1) is 9.92. The second-order valence-electron chi connectivity index (χ2n) is 4.34. The summed E-state index contributed by atoms with van der Waals surface area (Å²) in [6, 6.07) is 0. The number of aliphatic hydroxyl groups is 1. The van der Waals surface area contributed by atoms with Gasteiger partial charge in [0.1, 0.15) is 0 Å². The van der Waals surface area contributed by atoms with E-state index in [4.69, 9.17) is 10.2 Å². The second-order valence-corrected chi connectivity index (χ2v) is 6.53. The molecule has 0 amide bonds. The molecule has 14 heavy (non-hydrogen) atoms. The largest absolute Gasteiger partial charge is 0.481 e. The van der Waals surface area contributed by atoms with E-state index in [2.05, 4.69) is 0 Å². The van der Waals surface area contributed by atoms with Crippen molar-refractivity contribution >= 4 is 15.8 Å². The lowest BCUT2D eigenvalue weighted by atomic mass is 9.93. The number of aliphatic hydroxyl groups excluding tert-OH is 1. The molecule has 2 fully saturated rings. The van der Waals surface area contributed by atoms with Gasteiger partial charge in [-0.15, -0.1) is 0 Å². The van der Waals surface area contributed by atoms with E-state index in [1.807, 2.05) is 0 Å². The zero-order valence-electron chi connectivity index (χ0n) is 7.56. The van der Waals surface area contributed by atoms with Crippen molar-refractivity contribution in [2.24, 2.45) is 10.8 Å². The van der Waals surface area contributed by atoms with Crippen molar-refractivity contribution in [3.05, 3.63) is 0 Å². The van der Waals surface area contributed by atoms with Gasteiger partial charge in [0.2, 0.25) is 0 Å². The third kappa shape index (κ3) is 1.04. The minimum atomic E-state index is -3.08. The number of carbonyl (C=O) groups is 1. The van der Waals surface area contributed by atoms with Gasteiger partial charge in [0, 0.05) is 5.41 Å². The van der Waals surface area contributed by atoms with Gasteiger partial charge < -0.3 is 10.2 Å². The van der Waals surface area contributed by atoms with E-state index in [0.29, 0.717) is 12.8 Å². The molecular formula is C8H12O5S. The number of aliphatic carboxylic acids is 1. The van der Waals surface area contributed by atoms with Crippen LogP contribution < -0.4 is 0 Å². The molecule has 0 radical (unpaired) electrons. The van der Waals surface area contributed by atoms with E-state index in [0.717, 1.165) is 0 Å². The summed E-state index contributed by atoms with van der Waals surface area (Å²) in [5.74, 6) is -1.09. The number of hydrogen-bond acceptors (Lipinski definition) is 4. The first-order valence-electron chi connectivity index (χ1n) is 4.42. The number of hydrogen-bond donors (Lipinski definition) is 2. The molecule has 2 aliphatic rings. The first-order chi connectivity index (χ1) is 6.38. The molecule has 0 aromatic rings. The van der Waals surface area contributed by atoms with E-state index in [9.17, 15) is 13.2 Å². The molecule has 80 valence electrons. The van der Waals surface area contributed by atoms with Crippen molar-refractivity contribution in [1.82, 2.24) is 0 Å². The Morgan fingerprint density at radius 2 is 2.07 bits per heavy atom. The molecule has 1 heterocycles. The van der Waals surface area contributed by atoms with Crippen LogP contribution in [0.4, 0.5) is 0 Å². The average Bonchev–Trinajstić information content (AvgIpc) is 2.60. The van der Waals surface area contributed by atoms with Crippen LogP contribution in [0.2, 0.25) is 0 Å². The van der Waals surface area contributed by atoms with Gasteiger partial charge in [0.05, 0.1) is 23.5 Å². The highest BCUT2D eigenvalue weighted by atomic mass is 32.2. The fourth-order valence-corrected chi connectivity index (χ4v) is 4.77. The maximum absolute atomic E-state index is 11.2. The summed E-state index contributed by atoms with van der Waals surface area (Å²) in [5, 5.41) is 18.0. The standard InChI is InChI=1S/C8H12O5S/c9-4-8(6(10)11)3-7(8)1-2-14(12,13)5-7/h9H,1-5H2,(H,10,11). The maximum Gasteiger partial charge on any atom is 0.312 e. The first-order valence-corrected chi connectivity index (χ1v) is 6.24. The fourth-order valence-electron chi connectivity index (χ4n) is 2.56. The van der Waals surface area contributed by atoms with Crippen molar-refractivity contribution in [2.45, 2.75) is 12.8 Å². The Balaban J connectivity index is 2.29. The highest BCUT2D eigenvalue weighted by Gasteiger charge is 2.74. The fraction of sp³-hybridized carbons (Fsp3) is 0.875. The van der Waals surface area contributed by atoms with E-state index < -0.39 is 33.2 Å². The van der Waals surface area contributed by atoms with Gasteiger partial charge in [-0.05, 0) is 12.8 Å². The molecular weight excluding hydrogens is 208 g/mol. The molecule has 2 atom stereocenters. The topological polar surface area (TPSA) is 91.7 Å². The zero-order chi connectivity index (χ0) is 10.6. The van der Waals surface area contributed by atoms with Crippen molar-refractivity contribution < 1.29 is 23.4 Å². The van der Waals surface area contributed by atoms with Crippen molar-refractivity contribution in [1.29, 1.82) is 0 Å². The predicted octanol–water partition coefficient (Wildman–Crippen LogP) is -0.742. The van der Waals surface area contributed by atoms with Gasteiger partial charge in [-0.25, -0.2) is 8.42 Å². The average molecular weight is 220 g/mol. The summed E-state index contributed by atoms with van der Waals surface area (Å²) < 4.78 is 22.5. The van der Waals surface area contributed by atoms with Crippen molar-refractivity contribution in [2.75, 3.05) is 18.1 Å². The predicted molar refractivity (Wildman–Crippen MR) is 47.5 cm³/mol. The molecule has 2 rings (SSSR count). The van der Waals surface area contributed by atoms with Crippen LogP contribution in [0.25, 0.3) is 0 Å². The Morgan fingerprint density at radius 1 is 1.43 bits per heavy atom.